The van der Waals surface area contributed by atoms with Gasteiger partial charge in [0.1, 0.15) is 11.8 Å². The summed E-state index contributed by atoms with van der Waals surface area (Å²) in [5.41, 5.74) is 2.77. The monoisotopic (exact) mass is 590 g/mol. The van der Waals surface area contributed by atoms with Gasteiger partial charge in [0.05, 0.1) is 4.47 Å². The number of hydrogen-bond acceptors (Lipinski definition) is 3. The zero-order chi connectivity index (χ0) is 26.1. The highest BCUT2D eigenvalue weighted by Crippen LogP contribution is 2.27. The van der Waals surface area contributed by atoms with E-state index in [9.17, 15) is 9.59 Å². The van der Waals surface area contributed by atoms with Gasteiger partial charge >= 0.3 is 0 Å². The van der Waals surface area contributed by atoms with Crippen LogP contribution in [0.2, 0.25) is 10.0 Å². The standard InChI is InChI=1S/C28H29BrCl2N2O3/c1-3-19-10-13-26(23(29)14-19)36-18-27(34)33(17-21-11-12-22(30)16-24(21)31)25(28(35)32-4-2)15-20-8-6-5-7-9-20/h5-14,16,25H,3-4,15,17-18H2,1-2H3,(H,32,35)/t25-/m1/s1. The van der Waals surface area contributed by atoms with Gasteiger partial charge < -0.3 is 15.0 Å². The normalized spacial score (nSPS) is 11.6. The van der Waals surface area contributed by atoms with Crippen molar-refractivity contribution in [1.29, 1.82) is 0 Å². The molecular weight excluding hydrogens is 563 g/mol. The second-order valence-electron chi connectivity index (χ2n) is 8.26. The molecule has 5 nitrogen and oxygen atoms in total. The van der Waals surface area contributed by atoms with Crippen LogP contribution >= 0.6 is 39.1 Å². The van der Waals surface area contributed by atoms with Crippen molar-refractivity contribution in [2.45, 2.75) is 39.3 Å². The van der Waals surface area contributed by atoms with Crippen LogP contribution < -0.4 is 10.1 Å². The number of benzene rings is 3. The number of nitrogens with one attached hydrogen (secondary N) is 1. The number of likely N-dealkylation sites (N-methyl/N-ethyl adjacent to an activating group) is 1. The number of carbonyl (C=O) groups is 2. The highest BCUT2D eigenvalue weighted by atomic mass is 79.9. The molecule has 0 radical (unpaired) electrons. The first kappa shape index (κ1) is 28.0. The molecule has 0 fully saturated rings. The summed E-state index contributed by atoms with van der Waals surface area (Å²) in [6.45, 7) is 4.25. The predicted molar refractivity (Wildman–Crippen MR) is 149 cm³/mol. The largest absolute Gasteiger partial charge is 0.483 e. The van der Waals surface area contributed by atoms with Gasteiger partial charge in [-0.05, 0) is 70.2 Å². The number of rotatable bonds is 11. The first-order valence-electron chi connectivity index (χ1n) is 11.8. The lowest BCUT2D eigenvalue weighted by Crippen LogP contribution is -2.51. The molecule has 3 aromatic carbocycles. The van der Waals surface area contributed by atoms with Gasteiger partial charge in [-0.3, -0.25) is 9.59 Å². The molecule has 0 saturated heterocycles. The molecule has 0 saturated carbocycles. The van der Waals surface area contributed by atoms with Crippen LogP contribution in [-0.4, -0.2) is 35.9 Å². The molecule has 0 aliphatic carbocycles. The average molecular weight is 592 g/mol. The lowest BCUT2D eigenvalue weighted by molar-refractivity contribution is -0.142. The number of hydrogen-bond donors (Lipinski definition) is 1. The van der Waals surface area contributed by atoms with Crippen LogP contribution in [0.1, 0.15) is 30.5 Å². The fourth-order valence-corrected chi connectivity index (χ4v) is 4.79. The Morgan fingerprint density at radius 3 is 2.39 bits per heavy atom. The van der Waals surface area contributed by atoms with E-state index < -0.39 is 6.04 Å². The van der Waals surface area contributed by atoms with Gasteiger partial charge in [-0.25, -0.2) is 0 Å². The van der Waals surface area contributed by atoms with Crippen molar-refractivity contribution < 1.29 is 14.3 Å². The maximum absolute atomic E-state index is 13.6. The molecule has 190 valence electrons. The lowest BCUT2D eigenvalue weighted by atomic mass is 10.0. The fraction of sp³-hybridized carbons (Fsp3) is 0.286. The van der Waals surface area contributed by atoms with Crippen molar-refractivity contribution in [3.05, 3.63) is 97.9 Å². The molecule has 3 rings (SSSR count). The van der Waals surface area contributed by atoms with Crippen LogP contribution in [0, 0.1) is 0 Å². The summed E-state index contributed by atoms with van der Waals surface area (Å²) in [7, 11) is 0. The van der Waals surface area contributed by atoms with Gasteiger partial charge in [0.15, 0.2) is 6.61 Å². The van der Waals surface area contributed by atoms with Crippen LogP contribution in [-0.2, 0) is 29.0 Å². The lowest BCUT2D eigenvalue weighted by Gasteiger charge is -2.31. The zero-order valence-electron chi connectivity index (χ0n) is 20.3. The minimum Gasteiger partial charge on any atom is -0.483 e. The molecule has 0 heterocycles. The summed E-state index contributed by atoms with van der Waals surface area (Å²) < 4.78 is 6.65. The van der Waals surface area contributed by atoms with E-state index in [1.165, 1.54) is 4.90 Å². The molecule has 36 heavy (non-hydrogen) atoms. The van der Waals surface area contributed by atoms with Crippen molar-refractivity contribution in [2.75, 3.05) is 13.2 Å². The van der Waals surface area contributed by atoms with E-state index >= 15 is 0 Å². The van der Waals surface area contributed by atoms with Crippen molar-refractivity contribution in [2.24, 2.45) is 0 Å². The van der Waals surface area contributed by atoms with Crippen LogP contribution in [0.3, 0.4) is 0 Å². The second-order valence-corrected chi connectivity index (χ2v) is 9.96. The van der Waals surface area contributed by atoms with Crippen LogP contribution in [0.4, 0.5) is 0 Å². The van der Waals surface area contributed by atoms with E-state index in [2.05, 4.69) is 28.2 Å². The molecule has 0 aliphatic rings. The van der Waals surface area contributed by atoms with Gasteiger partial charge in [0.2, 0.25) is 5.91 Å². The summed E-state index contributed by atoms with van der Waals surface area (Å²) in [6, 6.07) is 19.7. The van der Waals surface area contributed by atoms with Gasteiger partial charge in [-0.2, -0.15) is 0 Å². The van der Waals surface area contributed by atoms with E-state index in [1.54, 1.807) is 18.2 Å². The van der Waals surface area contributed by atoms with Crippen LogP contribution in [0.25, 0.3) is 0 Å². The highest BCUT2D eigenvalue weighted by Gasteiger charge is 2.31. The molecule has 0 unspecified atom stereocenters. The van der Waals surface area contributed by atoms with E-state index in [0.717, 1.165) is 22.0 Å². The van der Waals surface area contributed by atoms with Crippen molar-refractivity contribution in [3.8, 4) is 5.75 Å². The smallest absolute Gasteiger partial charge is 0.261 e. The Bertz CT molecular complexity index is 1190. The Hall–Kier alpha value is -2.54. The molecule has 0 aromatic heterocycles. The first-order valence-corrected chi connectivity index (χ1v) is 13.3. The van der Waals surface area contributed by atoms with E-state index in [-0.39, 0.29) is 25.0 Å². The molecule has 8 heteroatoms. The first-order chi connectivity index (χ1) is 17.3. The number of ether oxygens (including phenoxy) is 1. The molecule has 1 atom stereocenters. The van der Waals surface area contributed by atoms with E-state index in [0.29, 0.717) is 34.3 Å². The third kappa shape index (κ3) is 7.73. The third-order valence-corrected chi connectivity index (χ3v) is 6.94. The number of carbonyl (C=O) groups excluding carboxylic acids is 2. The molecule has 0 aliphatic heterocycles. The van der Waals surface area contributed by atoms with Crippen molar-refractivity contribution >= 4 is 50.9 Å². The summed E-state index contributed by atoms with van der Waals surface area (Å²) in [5.74, 6) is -0.0180. The molecule has 0 spiro atoms. The van der Waals surface area contributed by atoms with Crippen LogP contribution in [0.5, 0.6) is 5.75 Å². The average Bonchev–Trinajstić information content (AvgIpc) is 2.87. The maximum Gasteiger partial charge on any atom is 0.261 e. The Morgan fingerprint density at radius 2 is 1.75 bits per heavy atom. The van der Waals surface area contributed by atoms with Gasteiger partial charge in [-0.1, -0.05) is 72.6 Å². The number of amides is 2. The molecular formula is C28H29BrCl2N2O3. The summed E-state index contributed by atoms with van der Waals surface area (Å²) in [6.07, 6.45) is 1.24. The minimum atomic E-state index is -0.763. The summed E-state index contributed by atoms with van der Waals surface area (Å²) in [4.78, 5) is 28.4. The summed E-state index contributed by atoms with van der Waals surface area (Å²) in [5, 5.41) is 3.79. The van der Waals surface area contributed by atoms with Gasteiger partial charge in [-0.15, -0.1) is 0 Å². The third-order valence-electron chi connectivity index (χ3n) is 5.73. The molecule has 2 amide bonds. The number of nitrogens with zero attached hydrogens (tertiary/aromatic N) is 1. The predicted octanol–water partition coefficient (Wildman–Crippen LogP) is 6.47. The summed E-state index contributed by atoms with van der Waals surface area (Å²) >= 11 is 16.0. The second kappa shape index (κ2) is 13.7. The maximum atomic E-state index is 13.6. The number of aryl methyl sites for hydroxylation is 1. The topological polar surface area (TPSA) is 58.6 Å². The number of halogens is 3. The Labute approximate surface area is 230 Å². The molecule has 3 aromatic rings. The van der Waals surface area contributed by atoms with E-state index in [4.69, 9.17) is 27.9 Å². The SMILES string of the molecule is CCNC(=O)[C@@H](Cc1ccccc1)N(Cc1ccc(Cl)cc1Cl)C(=O)COc1ccc(CC)cc1Br. The molecule has 1 N–H and O–H groups in total. The van der Waals surface area contributed by atoms with Gasteiger partial charge in [0, 0.05) is 29.6 Å². The van der Waals surface area contributed by atoms with E-state index in [1.807, 2.05) is 55.5 Å². The minimum absolute atomic E-state index is 0.128. The molecule has 0 bridgehead atoms. The fourth-order valence-electron chi connectivity index (χ4n) is 3.78. The van der Waals surface area contributed by atoms with Crippen LogP contribution in [0.15, 0.2) is 71.2 Å². The Balaban J connectivity index is 1.92. The zero-order valence-corrected chi connectivity index (χ0v) is 23.4. The van der Waals surface area contributed by atoms with Crippen molar-refractivity contribution in [3.63, 3.8) is 0 Å². The van der Waals surface area contributed by atoms with Crippen molar-refractivity contribution in [1.82, 2.24) is 10.2 Å². The quantitative estimate of drug-likeness (QED) is 0.278. The Kier molecular flexibility index (Phi) is 10.7. The Morgan fingerprint density at radius 1 is 1.00 bits per heavy atom. The highest BCUT2D eigenvalue weighted by molar-refractivity contribution is 9.10. The van der Waals surface area contributed by atoms with Gasteiger partial charge in [0.25, 0.3) is 5.91 Å².